The molecule has 19 heavy (non-hydrogen) atoms. The first-order valence-corrected chi connectivity index (χ1v) is 7.44. The van der Waals surface area contributed by atoms with Gasteiger partial charge in [0.25, 0.3) is 0 Å². The Kier molecular flexibility index (Phi) is 3.78. The van der Waals surface area contributed by atoms with Crippen LogP contribution in [0.2, 0.25) is 5.02 Å². The van der Waals surface area contributed by atoms with E-state index in [1.54, 1.807) is 12.1 Å². The van der Waals surface area contributed by atoms with E-state index in [0.29, 0.717) is 0 Å². The van der Waals surface area contributed by atoms with Gasteiger partial charge in [0.2, 0.25) is 0 Å². The number of hydrogen-bond acceptors (Lipinski definition) is 3. The van der Waals surface area contributed by atoms with Gasteiger partial charge in [-0.3, -0.25) is 0 Å². The van der Waals surface area contributed by atoms with Crippen molar-refractivity contribution in [1.29, 1.82) is 0 Å². The van der Waals surface area contributed by atoms with E-state index in [1.807, 2.05) is 0 Å². The van der Waals surface area contributed by atoms with Crippen molar-refractivity contribution in [3.05, 3.63) is 58.9 Å². The smallest absolute Gasteiger partial charge is 0.184 e. The van der Waals surface area contributed by atoms with Crippen LogP contribution in [-0.4, -0.2) is 8.42 Å². The number of nitrogen functional groups attached to an aromatic ring is 1. The lowest BCUT2D eigenvalue weighted by atomic mass is 10.2. The largest absolute Gasteiger partial charge is 0.398 e. The van der Waals surface area contributed by atoms with Crippen LogP contribution in [0, 0.1) is 5.82 Å². The van der Waals surface area contributed by atoms with Crippen molar-refractivity contribution >= 4 is 27.1 Å². The second-order valence-corrected chi connectivity index (χ2v) is 6.40. The summed E-state index contributed by atoms with van der Waals surface area (Å²) < 4.78 is 37.6. The van der Waals surface area contributed by atoms with Crippen molar-refractivity contribution in [2.75, 3.05) is 5.73 Å². The van der Waals surface area contributed by atoms with Crippen molar-refractivity contribution in [2.45, 2.75) is 10.6 Å². The highest BCUT2D eigenvalue weighted by Gasteiger charge is 2.19. The molecule has 2 aromatic carbocycles. The molecule has 3 nitrogen and oxygen atoms in total. The standard InChI is InChI=1S/C13H11ClFNO2S/c14-11-6-5-10(15)7-9(11)8-19(17,18)13-4-2-1-3-12(13)16/h1-7H,8,16H2. The molecule has 0 aliphatic heterocycles. The first kappa shape index (κ1) is 13.8. The minimum absolute atomic E-state index is 0.0235. The minimum atomic E-state index is -3.66. The molecule has 0 atom stereocenters. The number of rotatable bonds is 3. The SMILES string of the molecule is Nc1ccccc1S(=O)(=O)Cc1cc(F)ccc1Cl. The van der Waals surface area contributed by atoms with Crippen LogP contribution in [0.5, 0.6) is 0 Å². The molecule has 100 valence electrons. The van der Waals surface area contributed by atoms with Gasteiger partial charge in [-0.05, 0) is 35.9 Å². The zero-order chi connectivity index (χ0) is 14.0. The molecular formula is C13H11ClFNO2S. The van der Waals surface area contributed by atoms with Crippen LogP contribution in [-0.2, 0) is 15.6 Å². The average Bonchev–Trinajstić information content (AvgIpc) is 2.34. The monoisotopic (exact) mass is 299 g/mol. The maximum absolute atomic E-state index is 13.1. The normalized spacial score (nSPS) is 11.5. The summed E-state index contributed by atoms with van der Waals surface area (Å²) in [5, 5.41) is 0.208. The summed E-state index contributed by atoms with van der Waals surface area (Å²) in [6.07, 6.45) is 0. The highest BCUT2D eigenvalue weighted by Crippen LogP contribution is 2.25. The lowest BCUT2D eigenvalue weighted by molar-refractivity contribution is 0.595. The Morgan fingerprint density at radius 2 is 1.84 bits per heavy atom. The number of para-hydroxylation sites is 1. The van der Waals surface area contributed by atoms with E-state index in [2.05, 4.69) is 0 Å². The number of benzene rings is 2. The molecule has 0 saturated heterocycles. The fourth-order valence-corrected chi connectivity index (χ4v) is 3.48. The van der Waals surface area contributed by atoms with E-state index in [-0.39, 0.29) is 21.2 Å². The molecular weight excluding hydrogens is 289 g/mol. The van der Waals surface area contributed by atoms with Crippen LogP contribution in [0.1, 0.15) is 5.56 Å². The van der Waals surface area contributed by atoms with Gasteiger partial charge in [-0.2, -0.15) is 0 Å². The van der Waals surface area contributed by atoms with Gasteiger partial charge in [0.15, 0.2) is 9.84 Å². The van der Waals surface area contributed by atoms with Gasteiger partial charge >= 0.3 is 0 Å². The molecule has 0 fully saturated rings. The van der Waals surface area contributed by atoms with Crippen molar-refractivity contribution in [1.82, 2.24) is 0 Å². The van der Waals surface area contributed by atoms with Crippen molar-refractivity contribution in [2.24, 2.45) is 0 Å². The fraction of sp³-hybridized carbons (Fsp3) is 0.0769. The Labute approximate surface area is 115 Å². The second kappa shape index (κ2) is 5.19. The third-order valence-corrected chi connectivity index (χ3v) is 4.71. The average molecular weight is 300 g/mol. The molecule has 2 N–H and O–H groups in total. The van der Waals surface area contributed by atoms with Crippen molar-refractivity contribution in [3.63, 3.8) is 0 Å². The van der Waals surface area contributed by atoms with Crippen molar-refractivity contribution in [3.8, 4) is 0 Å². The van der Waals surface area contributed by atoms with Crippen LogP contribution < -0.4 is 5.73 Å². The Hall–Kier alpha value is -1.59. The minimum Gasteiger partial charge on any atom is -0.398 e. The second-order valence-electron chi connectivity index (χ2n) is 4.03. The summed E-state index contributed by atoms with van der Waals surface area (Å²) in [6, 6.07) is 9.75. The number of sulfone groups is 1. The van der Waals surface area contributed by atoms with Crippen LogP contribution in [0.25, 0.3) is 0 Å². The molecule has 0 radical (unpaired) electrons. The van der Waals surface area contributed by atoms with Gasteiger partial charge in [0.1, 0.15) is 5.82 Å². The summed E-state index contributed by atoms with van der Waals surface area (Å²) in [4.78, 5) is 0.0235. The van der Waals surface area contributed by atoms with E-state index in [1.165, 1.54) is 24.3 Å². The molecule has 0 unspecified atom stereocenters. The summed E-state index contributed by atoms with van der Waals surface area (Å²) in [6.45, 7) is 0. The van der Waals surface area contributed by atoms with Gasteiger partial charge in [0, 0.05) is 5.02 Å². The van der Waals surface area contributed by atoms with Gasteiger partial charge in [-0.25, -0.2) is 12.8 Å². The van der Waals surface area contributed by atoms with E-state index in [0.717, 1.165) is 6.07 Å². The first-order chi connectivity index (χ1) is 8.90. The predicted molar refractivity (Wildman–Crippen MR) is 73.2 cm³/mol. The molecule has 2 rings (SSSR count). The van der Waals surface area contributed by atoms with E-state index in [4.69, 9.17) is 17.3 Å². The first-order valence-electron chi connectivity index (χ1n) is 5.41. The third kappa shape index (κ3) is 3.05. The third-order valence-electron chi connectivity index (χ3n) is 2.61. The molecule has 0 bridgehead atoms. The molecule has 6 heteroatoms. The number of hydrogen-bond donors (Lipinski definition) is 1. The lowest BCUT2D eigenvalue weighted by Crippen LogP contribution is -2.08. The van der Waals surface area contributed by atoms with E-state index < -0.39 is 21.4 Å². The molecule has 0 aliphatic rings. The van der Waals surface area contributed by atoms with E-state index in [9.17, 15) is 12.8 Å². The maximum Gasteiger partial charge on any atom is 0.184 e. The van der Waals surface area contributed by atoms with Gasteiger partial charge in [-0.1, -0.05) is 23.7 Å². The van der Waals surface area contributed by atoms with Gasteiger partial charge in [0.05, 0.1) is 16.3 Å². The molecule has 0 amide bonds. The van der Waals surface area contributed by atoms with E-state index >= 15 is 0 Å². The zero-order valence-corrected chi connectivity index (χ0v) is 11.4. The number of nitrogens with two attached hydrogens (primary N) is 1. The number of halogens is 2. The van der Waals surface area contributed by atoms with Gasteiger partial charge in [-0.15, -0.1) is 0 Å². The van der Waals surface area contributed by atoms with Crippen LogP contribution in [0.15, 0.2) is 47.4 Å². The van der Waals surface area contributed by atoms with Gasteiger partial charge < -0.3 is 5.73 Å². The summed E-state index contributed by atoms with van der Waals surface area (Å²) in [7, 11) is -3.66. The van der Waals surface area contributed by atoms with Crippen LogP contribution >= 0.6 is 11.6 Å². The van der Waals surface area contributed by atoms with Crippen LogP contribution in [0.3, 0.4) is 0 Å². The Bertz CT molecular complexity index is 716. The predicted octanol–water partition coefficient (Wildman–Crippen LogP) is 3.04. The Balaban J connectivity index is 2.43. The molecule has 0 saturated carbocycles. The van der Waals surface area contributed by atoms with Crippen LogP contribution in [0.4, 0.5) is 10.1 Å². The fourth-order valence-electron chi connectivity index (χ4n) is 1.70. The highest BCUT2D eigenvalue weighted by atomic mass is 35.5. The Morgan fingerprint density at radius 1 is 1.16 bits per heavy atom. The lowest BCUT2D eigenvalue weighted by Gasteiger charge is -2.08. The summed E-state index contributed by atoms with van der Waals surface area (Å²) >= 11 is 5.87. The molecule has 0 aliphatic carbocycles. The summed E-state index contributed by atoms with van der Waals surface area (Å²) in [5.74, 6) is -0.923. The topological polar surface area (TPSA) is 60.2 Å². The molecule has 0 spiro atoms. The van der Waals surface area contributed by atoms with Crippen molar-refractivity contribution < 1.29 is 12.8 Å². The molecule has 0 heterocycles. The number of anilines is 1. The maximum atomic E-state index is 13.1. The quantitative estimate of drug-likeness (QED) is 0.886. The Morgan fingerprint density at radius 3 is 2.53 bits per heavy atom. The zero-order valence-electron chi connectivity index (χ0n) is 9.81. The molecule has 2 aromatic rings. The molecule has 0 aromatic heterocycles. The summed E-state index contributed by atoms with van der Waals surface area (Å²) in [5.41, 5.74) is 6.02. The highest BCUT2D eigenvalue weighted by molar-refractivity contribution is 7.90.